The average molecular weight is 256 g/mol. The normalized spacial score (nSPS) is 9.89. The van der Waals surface area contributed by atoms with Crippen molar-refractivity contribution in [1.29, 1.82) is 0 Å². The summed E-state index contributed by atoms with van der Waals surface area (Å²) in [4.78, 5) is 22.7. The van der Waals surface area contributed by atoms with E-state index in [1.165, 1.54) is 18.2 Å². The van der Waals surface area contributed by atoms with Crippen LogP contribution in [0.2, 0.25) is 0 Å². The Balaban J connectivity index is 2.27. The van der Waals surface area contributed by atoms with Gasteiger partial charge in [0.05, 0.1) is 5.56 Å². The summed E-state index contributed by atoms with van der Waals surface area (Å²) in [7, 11) is 0. The molecule has 0 saturated heterocycles. The number of hydrogen-bond acceptors (Lipinski definition) is 3. The number of para-hydroxylation sites is 1. The average Bonchev–Trinajstić information content (AvgIpc) is 2.41. The summed E-state index contributed by atoms with van der Waals surface area (Å²) in [5.74, 6) is -2.49. The number of aromatic carboxylic acids is 1. The summed E-state index contributed by atoms with van der Waals surface area (Å²) in [5, 5.41) is 23.0. The summed E-state index contributed by atoms with van der Waals surface area (Å²) in [5.41, 5.74) is -0.0257. The van der Waals surface area contributed by atoms with E-state index in [2.05, 4.69) is 5.32 Å². The molecule has 0 saturated carbocycles. The molecule has 5 nitrogen and oxygen atoms in total. The van der Waals surface area contributed by atoms with E-state index in [4.69, 9.17) is 5.11 Å². The first-order valence-electron chi connectivity index (χ1n) is 5.49. The monoisotopic (exact) mass is 256 g/mol. The number of carbonyl (C=O) groups excluding carboxylic acids is 1. The van der Waals surface area contributed by atoms with Crippen LogP contribution in [-0.4, -0.2) is 17.0 Å². The number of carboxylic acid groups (broad SMARTS) is 1. The van der Waals surface area contributed by atoms with Crippen molar-refractivity contribution in [2.45, 2.75) is 0 Å². The zero-order valence-corrected chi connectivity index (χ0v) is 9.79. The van der Waals surface area contributed by atoms with Gasteiger partial charge in [0.1, 0.15) is 0 Å². The Bertz CT molecular complexity index is 623. The van der Waals surface area contributed by atoms with E-state index >= 15 is 0 Å². The topological polar surface area (TPSA) is 89.5 Å². The molecule has 96 valence electrons. The Morgan fingerprint density at radius 1 is 1.00 bits per heavy atom. The van der Waals surface area contributed by atoms with Crippen molar-refractivity contribution in [2.75, 3.05) is 5.32 Å². The van der Waals surface area contributed by atoms with Gasteiger partial charge in [0.2, 0.25) is 0 Å². The molecule has 0 atom stereocenters. The molecule has 0 unspecified atom stereocenters. The maximum Gasteiger partial charge on any atom is 0.335 e. The van der Waals surface area contributed by atoms with Crippen molar-refractivity contribution < 1.29 is 19.8 Å². The Hall–Kier alpha value is -2.82. The van der Waals surface area contributed by atoms with Crippen molar-refractivity contribution >= 4 is 17.6 Å². The van der Waals surface area contributed by atoms with Crippen LogP contribution in [0.15, 0.2) is 48.5 Å². The van der Waals surface area contributed by atoms with E-state index in [1.807, 2.05) is 0 Å². The maximum atomic E-state index is 11.9. The molecular formula is C14H10NO4-. The van der Waals surface area contributed by atoms with E-state index in [1.54, 1.807) is 30.3 Å². The van der Waals surface area contributed by atoms with E-state index in [0.29, 0.717) is 5.56 Å². The Labute approximate surface area is 109 Å². The third kappa shape index (κ3) is 2.71. The van der Waals surface area contributed by atoms with Crippen molar-refractivity contribution in [3.05, 3.63) is 59.7 Å². The van der Waals surface area contributed by atoms with Gasteiger partial charge in [0, 0.05) is 11.3 Å². The van der Waals surface area contributed by atoms with Crippen LogP contribution < -0.4 is 10.4 Å². The Morgan fingerprint density at radius 3 is 2.32 bits per heavy atom. The molecule has 0 radical (unpaired) electrons. The minimum atomic E-state index is -1.32. The molecule has 0 aromatic heterocycles. The highest BCUT2D eigenvalue weighted by Gasteiger charge is 2.09. The summed E-state index contributed by atoms with van der Waals surface area (Å²) in [6.45, 7) is 0. The quantitative estimate of drug-likeness (QED) is 0.874. The van der Waals surface area contributed by atoms with E-state index in [0.717, 1.165) is 0 Å². The number of amides is 1. The first-order chi connectivity index (χ1) is 9.09. The predicted molar refractivity (Wildman–Crippen MR) is 67.2 cm³/mol. The second kappa shape index (κ2) is 5.22. The highest BCUT2D eigenvalue weighted by molar-refractivity contribution is 6.06. The van der Waals surface area contributed by atoms with Gasteiger partial charge in [0.15, 0.2) is 0 Å². The lowest BCUT2D eigenvalue weighted by molar-refractivity contribution is -0.267. The lowest BCUT2D eigenvalue weighted by atomic mass is 10.1. The smallest absolute Gasteiger partial charge is 0.335 e. The van der Waals surface area contributed by atoms with Crippen molar-refractivity contribution in [3.8, 4) is 5.75 Å². The van der Waals surface area contributed by atoms with Gasteiger partial charge in [-0.15, -0.1) is 0 Å². The third-order valence-electron chi connectivity index (χ3n) is 2.53. The molecule has 2 aromatic rings. The third-order valence-corrected chi connectivity index (χ3v) is 2.53. The summed E-state index contributed by atoms with van der Waals surface area (Å²) < 4.78 is 0. The number of carbonyl (C=O) groups is 2. The van der Waals surface area contributed by atoms with Crippen LogP contribution in [-0.2, 0) is 0 Å². The zero-order valence-electron chi connectivity index (χ0n) is 9.79. The van der Waals surface area contributed by atoms with Crippen molar-refractivity contribution in [2.24, 2.45) is 0 Å². The zero-order chi connectivity index (χ0) is 13.8. The number of nitrogens with one attached hydrogen (secondary N) is 1. The molecule has 2 N–H and O–H groups in total. The van der Waals surface area contributed by atoms with Crippen molar-refractivity contribution in [3.63, 3.8) is 0 Å². The maximum absolute atomic E-state index is 11.9. The van der Waals surface area contributed by atoms with Crippen LogP contribution >= 0.6 is 0 Å². The molecule has 1 amide bonds. The minimum absolute atomic E-state index is 0.0475. The van der Waals surface area contributed by atoms with Crippen LogP contribution in [0.3, 0.4) is 0 Å². The second-order valence-electron chi connectivity index (χ2n) is 3.81. The minimum Gasteiger partial charge on any atom is -0.870 e. The van der Waals surface area contributed by atoms with Crippen LogP contribution in [0.5, 0.6) is 5.75 Å². The summed E-state index contributed by atoms with van der Waals surface area (Å²) in [6, 6.07) is 12.3. The van der Waals surface area contributed by atoms with Crippen LogP contribution in [0, 0.1) is 0 Å². The summed E-state index contributed by atoms with van der Waals surface area (Å²) in [6.07, 6.45) is 0. The molecule has 2 aromatic carbocycles. The molecule has 5 heteroatoms. The molecule has 0 bridgehead atoms. The van der Waals surface area contributed by atoms with Gasteiger partial charge in [-0.05, 0) is 24.3 Å². The van der Waals surface area contributed by atoms with Crippen LogP contribution in [0.1, 0.15) is 20.7 Å². The molecule has 0 aliphatic carbocycles. The molecule has 0 spiro atoms. The van der Waals surface area contributed by atoms with Crippen LogP contribution in [0.25, 0.3) is 0 Å². The van der Waals surface area contributed by atoms with Gasteiger partial charge in [-0.3, -0.25) is 4.79 Å². The fraction of sp³-hybridized carbons (Fsp3) is 0. The lowest BCUT2D eigenvalue weighted by Gasteiger charge is -2.16. The molecular weight excluding hydrogens is 246 g/mol. The first kappa shape index (κ1) is 12.6. The highest BCUT2D eigenvalue weighted by atomic mass is 16.4. The van der Waals surface area contributed by atoms with Gasteiger partial charge < -0.3 is 15.5 Å². The highest BCUT2D eigenvalue weighted by Crippen LogP contribution is 2.24. The SMILES string of the molecule is O=C(Nc1cccc(C(=O)O)c1[O-])c1ccccc1. The summed E-state index contributed by atoms with van der Waals surface area (Å²) >= 11 is 0. The molecule has 0 fully saturated rings. The molecule has 2 rings (SSSR count). The molecule has 0 aliphatic heterocycles. The second-order valence-corrected chi connectivity index (χ2v) is 3.81. The van der Waals surface area contributed by atoms with E-state index < -0.39 is 17.6 Å². The van der Waals surface area contributed by atoms with Gasteiger partial charge >= 0.3 is 5.97 Å². The first-order valence-corrected chi connectivity index (χ1v) is 5.49. The Morgan fingerprint density at radius 2 is 1.68 bits per heavy atom. The van der Waals surface area contributed by atoms with E-state index in [9.17, 15) is 14.7 Å². The fourth-order valence-corrected chi connectivity index (χ4v) is 1.59. The number of carboxylic acids is 1. The molecule has 0 heterocycles. The largest absolute Gasteiger partial charge is 0.870 e. The van der Waals surface area contributed by atoms with Gasteiger partial charge in [0.25, 0.3) is 5.91 Å². The molecule has 19 heavy (non-hydrogen) atoms. The van der Waals surface area contributed by atoms with Gasteiger partial charge in [-0.25, -0.2) is 4.79 Å². The molecule has 0 aliphatic rings. The van der Waals surface area contributed by atoms with Gasteiger partial charge in [-0.2, -0.15) is 0 Å². The number of anilines is 1. The van der Waals surface area contributed by atoms with Gasteiger partial charge in [-0.1, -0.05) is 30.0 Å². The number of rotatable bonds is 3. The fourth-order valence-electron chi connectivity index (χ4n) is 1.59. The predicted octanol–water partition coefficient (Wildman–Crippen LogP) is 1.71. The lowest BCUT2D eigenvalue weighted by Crippen LogP contribution is -2.15. The number of hydrogen-bond donors (Lipinski definition) is 2. The van der Waals surface area contributed by atoms with Crippen molar-refractivity contribution in [1.82, 2.24) is 0 Å². The van der Waals surface area contributed by atoms with Crippen LogP contribution in [0.4, 0.5) is 5.69 Å². The van der Waals surface area contributed by atoms with E-state index in [-0.39, 0.29) is 11.3 Å². The standard InChI is InChI=1S/C14H11NO4/c16-12-10(14(18)19)7-4-8-11(12)15-13(17)9-5-2-1-3-6-9/h1-8,16H,(H,15,17)(H,18,19)/p-1. The Kier molecular flexibility index (Phi) is 3.47. The number of benzene rings is 2.